The second-order valence-corrected chi connectivity index (χ2v) is 3.81. The summed E-state index contributed by atoms with van der Waals surface area (Å²) in [4.78, 5) is 22.2. The Balaban J connectivity index is 1.96. The number of nitrogens with one attached hydrogen (secondary N) is 1. The first-order valence-corrected chi connectivity index (χ1v) is 5.43. The minimum atomic E-state index is -0.122. The van der Waals surface area contributed by atoms with Crippen LogP contribution in [0.2, 0.25) is 0 Å². The Morgan fingerprint density at radius 3 is 2.75 bits per heavy atom. The summed E-state index contributed by atoms with van der Waals surface area (Å²) in [5.41, 5.74) is -0.122. The maximum atomic E-state index is 11.1. The summed E-state index contributed by atoms with van der Waals surface area (Å²) >= 11 is 0. The predicted molar refractivity (Wildman–Crippen MR) is 60.6 cm³/mol. The van der Waals surface area contributed by atoms with E-state index in [1.165, 1.54) is 12.3 Å². The van der Waals surface area contributed by atoms with E-state index in [0.29, 0.717) is 12.5 Å². The van der Waals surface area contributed by atoms with Gasteiger partial charge in [0.05, 0.1) is 6.61 Å². The average molecular weight is 224 g/mol. The number of β-amino-alcohol motifs (C(OH)–C–C–N with tert-alkyl or cyclic N) is 1. The van der Waals surface area contributed by atoms with Crippen LogP contribution in [0, 0.1) is 0 Å². The molecule has 1 aliphatic heterocycles. The number of aliphatic hydroxyl groups excluding tert-OH is 1. The molecule has 2 heterocycles. The lowest BCUT2D eigenvalue weighted by Crippen LogP contribution is -2.48. The van der Waals surface area contributed by atoms with Crippen LogP contribution >= 0.6 is 0 Å². The Morgan fingerprint density at radius 2 is 2.12 bits per heavy atom. The van der Waals surface area contributed by atoms with Gasteiger partial charge in [-0.2, -0.15) is 0 Å². The lowest BCUT2D eigenvalue weighted by atomic mass is 10.3. The number of H-pyrrole nitrogens is 1. The Hall–Kier alpha value is -1.40. The van der Waals surface area contributed by atoms with Crippen molar-refractivity contribution in [3.05, 3.63) is 22.6 Å². The Labute approximate surface area is 93.5 Å². The molecule has 0 aromatic carbocycles. The summed E-state index contributed by atoms with van der Waals surface area (Å²) in [7, 11) is 0. The van der Waals surface area contributed by atoms with Crippen LogP contribution in [-0.2, 0) is 0 Å². The molecule has 0 bridgehead atoms. The maximum absolute atomic E-state index is 11.1. The minimum absolute atomic E-state index is 0.122. The van der Waals surface area contributed by atoms with Gasteiger partial charge in [-0.15, -0.1) is 0 Å². The van der Waals surface area contributed by atoms with Gasteiger partial charge in [-0.05, 0) is 0 Å². The lowest BCUT2D eigenvalue weighted by Gasteiger charge is -2.34. The molecule has 0 atom stereocenters. The van der Waals surface area contributed by atoms with Gasteiger partial charge in [0.2, 0.25) is 5.95 Å². The number of anilines is 1. The topological polar surface area (TPSA) is 72.5 Å². The largest absolute Gasteiger partial charge is 0.395 e. The van der Waals surface area contributed by atoms with Gasteiger partial charge < -0.3 is 10.0 Å². The van der Waals surface area contributed by atoms with Crippen molar-refractivity contribution in [3.63, 3.8) is 0 Å². The summed E-state index contributed by atoms with van der Waals surface area (Å²) in [5, 5.41) is 8.82. The molecule has 6 nitrogen and oxygen atoms in total. The zero-order valence-electron chi connectivity index (χ0n) is 9.09. The molecule has 2 rings (SSSR count). The number of nitrogens with zero attached hydrogens (tertiary/aromatic N) is 3. The van der Waals surface area contributed by atoms with Crippen LogP contribution in [-0.4, -0.2) is 59.3 Å². The molecule has 0 amide bonds. The smallest absolute Gasteiger partial charge is 0.252 e. The van der Waals surface area contributed by atoms with E-state index in [9.17, 15) is 4.79 Å². The van der Waals surface area contributed by atoms with Crippen LogP contribution in [0.5, 0.6) is 0 Å². The molecule has 88 valence electrons. The van der Waals surface area contributed by atoms with Crippen LogP contribution in [0.25, 0.3) is 0 Å². The molecule has 16 heavy (non-hydrogen) atoms. The highest BCUT2D eigenvalue weighted by Gasteiger charge is 2.17. The van der Waals surface area contributed by atoms with Gasteiger partial charge in [-0.1, -0.05) is 0 Å². The van der Waals surface area contributed by atoms with Crippen molar-refractivity contribution in [1.29, 1.82) is 0 Å². The zero-order valence-corrected chi connectivity index (χ0v) is 9.09. The number of aromatic amines is 1. The van der Waals surface area contributed by atoms with Crippen molar-refractivity contribution in [3.8, 4) is 0 Å². The fourth-order valence-electron chi connectivity index (χ4n) is 1.85. The first-order chi connectivity index (χ1) is 7.79. The van der Waals surface area contributed by atoms with Crippen LogP contribution in [0.4, 0.5) is 5.95 Å². The van der Waals surface area contributed by atoms with E-state index in [0.717, 1.165) is 26.2 Å². The molecule has 1 saturated heterocycles. The van der Waals surface area contributed by atoms with Crippen LogP contribution in [0.1, 0.15) is 0 Å². The Morgan fingerprint density at radius 1 is 1.38 bits per heavy atom. The molecule has 0 spiro atoms. The summed E-state index contributed by atoms with van der Waals surface area (Å²) in [6, 6.07) is 1.41. The zero-order chi connectivity index (χ0) is 11.4. The molecule has 2 N–H and O–H groups in total. The average Bonchev–Trinajstić information content (AvgIpc) is 2.30. The molecule has 0 unspecified atom stereocenters. The van der Waals surface area contributed by atoms with E-state index in [1.54, 1.807) is 0 Å². The molecule has 0 saturated carbocycles. The second-order valence-electron chi connectivity index (χ2n) is 3.81. The van der Waals surface area contributed by atoms with Crippen LogP contribution in [0.3, 0.4) is 0 Å². The number of piperazine rings is 1. The van der Waals surface area contributed by atoms with Gasteiger partial charge in [-0.3, -0.25) is 14.7 Å². The highest BCUT2D eigenvalue weighted by atomic mass is 16.3. The van der Waals surface area contributed by atoms with Crippen molar-refractivity contribution < 1.29 is 5.11 Å². The number of hydrogen-bond acceptors (Lipinski definition) is 5. The van der Waals surface area contributed by atoms with E-state index in [4.69, 9.17) is 5.11 Å². The maximum Gasteiger partial charge on any atom is 0.252 e. The van der Waals surface area contributed by atoms with E-state index in [2.05, 4.69) is 19.8 Å². The first kappa shape index (κ1) is 11.1. The monoisotopic (exact) mass is 224 g/mol. The highest BCUT2D eigenvalue weighted by Crippen LogP contribution is 2.07. The molecule has 1 fully saturated rings. The summed E-state index contributed by atoms with van der Waals surface area (Å²) < 4.78 is 0. The van der Waals surface area contributed by atoms with E-state index in [-0.39, 0.29) is 12.2 Å². The number of aliphatic hydroxyl groups is 1. The molecular weight excluding hydrogens is 208 g/mol. The summed E-state index contributed by atoms with van der Waals surface area (Å²) in [6.07, 6.45) is 1.52. The molecule has 0 radical (unpaired) electrons. The normalized spacial score (nSPS) is 17.7. The van der Waals surface area contributed by atoms with Gasteiger partial charge in [0.15, 0.2) is 0 Å². The molecule has 1 aliphatic rings. The van der Waals surface area contributed by atoms with Gasteiger partial charge in [0.1, 0.15) is 0 Å². The molecule has 1 aromatic heterocycles. The van der Waals surface area contributed by atoms with Gasteiger partial charge in [-0.25, -0.2) is 4.98 Å². The fourth-order valence-corrected chi connectivity index (χ4v) is 1.85. The third-order valence-electron chi connectivity index (χ3n) is 2.75. The first-order valence-electron chi connectivity index (χ1n) is 5.43. The lowest BCUT2D eigenvalue weighted by molar-refractivity contribution is 0.188. The fraction of sp³-hybridized carbons (Fsp3) is 0.600. The van der Waals surface area contributed by atoms with Crippen molar-refractivity contribution in [2.75, 3.05) is 44.2 Å². The van der Waals surface area contributed by atoms with Gasteiger partial charge in [0, 0.05) is 45.0 Å². The van der Waals surface area contributed by atoms with Crippen LogP contribution < -0.4 is 10.5 Å². The van der Waals surface area contributed by atoms with E-state index < -0.39 is 0 Å². The van der Waals surface area contributed by atoms with E-state index in [1.807, 2.05) is 0 Å². The van der Waals surface area contributed by atoms with Crippen molar-refractivity contribution in [2.45, 2.75) is 0 Å². The number of rotatable bonds is 3. The minimum Gasteiger partial charge on any atom is -0.395 e. The van der Waals surface area contributed by atoms with Gasteiger partial charge >= 0.3 is 0 Å². The highest BCUT2D eigenvalue weighted by molar-refractivity contribution is 5.29. The standard InChI is InChI=1S/C10H16N4O2/c15-8-7-13-3-5-14(6-4-13)10-11-2-1-9(16)12-10/h1-2,15H,3-8H2,(H,11,12,16). The molecule has 1 aromatic rings. The van der Waals surface area contributed by atoms with Crippen molar-refractivity contribution in [1.82, 2.24) is 14.9 Å². The Kier molecular flexibility index (Phi) is 3.53. The third-order valence-corrected chi connectivity index (χ3v) is 2.75. The predicted octanol–water partition coefficient (Wildman–Crippen LogP) is -1.12. The van der Waals surface area contributed by atoms with E-state index >= 15 is 0 Å². The second kappa shape index (κ2) is 5.09. The third kappa shape index (κ3) is 2.59. The van der Waals surface area contributed by atoms with Crippen molar-refractivity contribution >= 4 is 5.95 Å². The summed E-state index contributed by atoms with van der Waals surface area (Å²) in [6.45, 7) is 4.34. The number of hydrogen-bond donors (Lipinski definition) is 2. The summed E-state index contributed by atoms with van der Waals surface area (Å²) in [5.74, 6) is 0.635. The molecular formula is C10H16N4O2. The quantitative estimate of drug-likeness (QED) is 0.681. The van der Waals surface area contributed by atoms with Gasteiger partial charge in [0.25, 0.3) is 5.56 Å². The van der Waals surface area contributed by atoms with Crippen LogP contribution in [0.15, 0.2) is 17.1 Å². The molecule has 6 heteroatoms. The molecule has 0 aliphatic carbocycles. The SMILES string of the molecule is O=c1ccnc(N2CCN(CCO)CC2)[nH]1. The number of aromatic nitrogens is 2. The Bertz CT molecular complexity index is 384. The van der Waals surface area contributed by atoms with Crippen molar-refractivity contribution in [2.24, 2.45) is 0 Å².